The lowest BCUT2D eigenvalue weighted by Gasteiger charge is -2.40. The van der Waals surface area contributed by atoms with Gasteiger partial charge in [0.1, 0.15) is 0 Å². The van der Waals surface area contributed by atoms with Crippen LogP contribution in [0.3, 0.4) is 0 Å². The van der Waals surface area contributed by atoms with E-state index in [0.717, 1.165) is 38.5 Å². The maximum atomic E-state index is 5.70. The number of hydrogen-bond donors (Lipinski definition) is 1. The van der Waals surface area contributed by atoms with Crippen molar-refractivity contribution in [3.05, 3.63) is 59.8 Å². The van der Waals surface area contributed by atoms with Gasteiger partial charge in [0.2, 0.25) is 5.88 Å². The molecule has 1 N–H and O–H groups in total. The van der Waals surface area contributed by atoms with Crippen molar-refractivity contribution in [3.63, 3.8) is 0 Å². The van der Waals surface area contributed by atoms with Gasteiger partial charge in [0.15, 0.2) is 0 Å². The summed E-state index contributed by atoms with van der Waals surface area (Å²) in [4.78, 5) is 6.96. The van der Waals surface area contributed by atoms with Gasteiger partial charge in [0, 0.05) is 49.9 Å². The first kappa shape index (κ1) is 13.7. The minimum absolute atomic E-state index is 0.401. The second-order valence-corrected chi connectivity index (χ2v) is 5.96. The third-order valence-electron chi connectivity index (χ3n) is 4.64. The lowest BCUT2D eigenvalue weighted by Crippen LogP contribution is -2.48. The number of hydrogen-bond acceptors (Lipinski definition) is 4. The van der Waals surface area contributed by atoms with E-state index in [1.54, 1.807) is 0 Å². The van der Waals surface area contributed by atoms with Crippen molar-refractivity contribution in [2.75, 3.05) is 26.2 Å². The Morgan fingerprint density at radius 3 is 2.95 bits per heavy atom. The van der Waals surface area contributed by atoms with E-state index >= 15 is 0 Å². The lowest BCUT2D eigenvalue weighted by atomic mass is 9.98. The van der Waals surface area contributed by atoms with E-state index in [9.17, 15) is 0 Å². The van der Waals surface area contributed by atoms with Crippen LogP contribution in [0.15, 0.2) is 48.7 Å². The Hall–Kier alpha value is -1.91. The van der Waals surface area contributed by atoms with Gasteiger partial charge < -0.3 is 10.1 Å². The van der Waals surface area contributed by atoms with E-state index in [0.29, 0.717) is 12.1 Å². The van der Waals surface area contributed by atoms with Crippen LogP contribution >= 0.6 is 0 Å². The SMILES string of the molecule is c1ccc([C@@H]2CN(C3CCOc4ncccc43)CCN2)cc1. The Morgan fingerprint density at radius 2 is 2.05 bits per heavy atom. The predicted octanol–water partition coefficient (Wildman–Crippen LogP) is 2.55. The van der Waals surface area contributed by atoms with E-state index in [1.165, 1.54) is 11.1 Å². The summed E-state index contributed by atoms with van der Waals surface area (Å²) in [6.45, 7) is 3.88. The molecule has 0 spiro atoms. The molecule has 0 aliphatic carbocycles. The quantitative estimate of drug-likeness (QED) is 0.924. The van der Waals surface area contributed by atoms with Crippen LogP contribution in [0.5, 0.6) is 5.88 Å². The number of nitrogens with zero attached hydrogens (tertiary/aromatic N) is 2. The van der Waals surface area contributed by atoms with Gasteiger partial charge in [-0.1, -0.05) is 36.4 Å². The van der Waals surface area contributed by atoms with Crippen molar-refractivity contribution in [1.29, 1.82) is 0 Å². The standard InChI is InChI=1S/C18H21N3O/c1-2-5-14(6-3-1)16-13-21(11-10-19-16)17-8-12-22-18-15(17)7-4-9-20-18/h1-7,9,16-17,19H,8,10-13H2/t16-,17?/m0/s1. The zero-order valence-corrected chi connectivity index (χ0v) is 12.6. The van der Waals surface area contributed by atoms with Crippen LogP contribution in [-0.4, -0.2) is 36.1 Å². The molecule has 1 saturated heterocycles. The fraction of sp³-hybridized carbons (Fsp3) is 0.389. The van der Waals surface area contributed by atoms with Crippen LogP contribution in [0.25, 0.3) is 0 Å². The van der Waals surface area contributed by atoms with E-state index < -0.39 is 0 Å². The summed E-state index contributed by atoms with van der Waals surface area (Å²) in [5.41, 5.74) is 2.60. The minimum atomic E-state index is 0.401. The fourth-order valence-electron chi connectivity index (χ4n) is 3.54. The molecule has 4 nitrogen and oxygen atoms in total. The summed E-state index contributed by atoms with van der Waals surface area (Å²) >= 11 is 0. The topological polar surface area (TPSA) is 37.4 Å². The first-order valence-corrected chi connectivity index (χ1v) is 8.02. The summed E-state index contributed by atoms with van der Waals surface area (Å²) < 4.78 is 5.70. The molecule has 2 aliphatic heterocycles. The molecule has 1 unspecified atom stereocenters. The molecule has 4 heteroatoms. The Balaban J connectivity index is 1.56. The first-order valence-electron chi connectivity index (χ1n) is 8.02. The molecule has 22 heavy (non-hydrogen) atoms. The number of pyridine rings is 1. The minimum Gasteiger partial charge on any atom is -0.477 e. The molecule has 0 amide bonds. The molecule has 2 aromatic rings. The van der Waals surface area contributed by atoms with Crippen molar-refractivity contribution < 1.29 is 4.74 Å². The molecule has 0 radical (unpaired) electrons. The molecule has 0 saturated carbocycles. The lowest BCUT2D eigenvalue weighted by molar-refractivity contribution is 0.104. The third-order valence-corrected chi connectivity index (χ3v) is 4.64. The highest BCUT2D eigenvalue weighted by molar-refractivity contribution is 5.31. The van der Waals surface area contributed by atoms with Gasteiger partial charge in [-0.3, -0.25) is 4.90 Å². The number of ether oxygens (including phenoxy) is 1. The summed E-state index contributed by atoms with van der Waals surface area (Å²) in [5.74, 6) is 0.813. The molecule has 2 atom stereocenters. The highest BCUT2D eigenvalue weighted by Crippen LogP contribution is 2.35. The molecule has 4 rings (SSSR count). The second-order valence-electron chi connectivity index (χ2n) is 5.96. The van der Waals surface area contributed by atoms with E-state index in [2.05, 4.69) is 51.6 Å². The Morgan fingerprint density at radius 1 is 1.14 bits per heavy atom. The average Bonchev–Trinajstić information content (AvgIpc) is 2.62. The first-order chi connectivity index (χ1) is 10.9. The van der Waals surface area contributed by atoms with Crippen LogP contribution in [0, 0.1) is 0 Å². The van der Waals surface area contributed by atoms with Crippen LogP contribution in [0.2, 0.25) is 0 Å². The zero-order chi connectivity index (χ0) is 14.8. The van der Waals surface area contributed by atoms with Gasteiger partial charge in [0.25, 0.3) is 0 Å². The van der Waals surface area contributed by atoms with Gasteiger partial charge in [-0.05, 0) is 11.6 Å². The largest absolute Gasteiger partial charge is 0.477 e. The molecule has 1 fully saturated rings. The highest BCUT2D eigenvalue weighted by atomic mass is 16.5. The number of nitrogens with one attached hydrogen (secondary N) is 1. The van der Waals surface area contributed by atoms with Crippen molar-refractivity contribution in [2.45, 2.75) is 18.5 Å². The maximum Gasteiger partial charge on any atom is 0.218 e. The fourth-order valence-corrected chi connectivity index (χ4v) is 3.54. The smallest absolute Gasteiger partial charge is 0.218 e. The number of aromatic nitrogens is 1. The molecular formula is C18H21N3O. The van der Waals surface area contributed by atoms with Crippen LogP contribution < -0.4 is 10.1 Å². The predicted molar refractivity (Wildman–Crippen MR) is 85.8 cm³/mol. The number of piperazine rings is 1. The van der Waals surface area contributed by atoms with Gasteiger partial charge in [-0.25, -0.2) is 4.98 Å². The van der Waals surface area contributed by atoms with Crippen molar-refractivity contribution >= 4 is 0 Å². The Bertz CT molecular complexity index is 631. The third kappa shape index (κ3) is 2.60. The van der Waals surface area contributed by atoms with Crippen LogP contribution in [0.4, 0.5) is 0 Å². The van der Waals surface area contributed by atoms with Gasteiger partial charge in [-0.2, -0.15) is 0 Å². The zero-order valence-electron chi connectivity index (χ0n) is 12.6. The molecule has 3 heterocycles. The van der Waals surface area contributed by atoms with Gasteiger partial charge in [-0.15, -0.1) is 0 Å². The molecule has 1 aromatic heterocycles. The average molecular weight is 295 g/mol. The summed E-state index contributed by atoms with van der Waals surface area (Å²) in [5, 5.41) is 3.64. The van der Waals surface area contributed by atoms with Gasteiger partial charge in [0.05, 0.1) is 6.61 Å². The molecule has 0 bridgehead atoms. The van der Waals surface area contributed by atoms with E-state index in [4.69, 9.17) is 4.74 Å². The molecule has 1 aromatic carbocycles. The van der Waals surface area contributed by atoms with Crippen molar-refractivity contribution in [3.8, 4) is 5.88 Å². The van der Waals surface area contributed by atoms with Crippen molar-refractivity contribution in [1.82, 2.24) is 15.2 Å². The van der Waals surface area contributed by atoms with E-state index in [1.807, 2.05) is 12.3 Å². The van der Waals surface area contributed by atoms with Crippen molar-refractivity contribution in [2.24, 2.45) is 0 Å². The summed E-state index contributed by atoms with van der Waals surface area (Å²) in [6.07, 6.45) is 2.85. The van der Waals surface area contributed by atoms with Gasteiger partial charge >= 0.3 is 0 Å². The van der Waals surface area contributed by atoms with Crippen LogP contribution in [-0.2, 0) is 0 Å². The number of benzene rings is 1. The number of rotatable bonds is 2. The summed E-state index contributed by atoms with van der Waals surface area (Å²) in [7, 11) is 0. The normalized spacial score (nSPS) is 25.3. The summed E-state index contributed by atoms with van der Waals surface area (Å²) in [6, 6.07) is 15.7. The maximum absolute atomic E-state index is 5.70. The van der Waals surface area contributed by atoms with E-state index in [-0.39, 0.29) is 0 Å². The Labute approximate surface area is 131 Å². The Kier molecular flexibility index (Phi) is 3.79. The molecular weight excluding hydrogens is 274 g/mol. The second kappa shape index (κ2) is 6.07. The molecule has 2 aliphatic rings. The number of fused-ring (bicyclic) bond motifs is 1. The van der Waals surface area contributed by atoms with Crippen LogP contribution in [0.1, 0.15) is 29.6 Å². The highest BCUT2D eigenvalue weighted by Gasteiger charge is 2.31. The monoisotopic (exact) mass is 295 g/mol. The molecule has 114 valence electrons.